The summed E-state index contributed by atoms with van der Waals surface area (Å²) in [7, 11) is 0. The average Bonchev–Trinajstić information content (AvgIpc) is 2.33. The SMILES string of the molecule is O=C1CC2C(=O)NCC2CN1. The fourth-order valence-electron chi connectivity index (χ4n) is 1.71. The maximum atomic E-state index is 11.1. The molecule has 4 heteroatoms. The molecular weight excluding hydrogens is 144 g/mol. The maximum Gasteiger partial charge on any atom is 0.224 e. The molecule has 0 aromatic rings. The van der Waals surface area contributed by atoms with Crippen molar-refractivity contribution >= 4 is 11.8 Å². The second-order valence-electron chi connectivity index (χ2n) is 3.12. The Labute approximate surface area is 64.3 Å². The zero-order valence-corrected chi connectivity index (χ0v) is 6.09. The van der Waals surface area contributed by atoms with E-state index in [-0.39, 0.29) is 17.7 Å². The Morgan fingerprint density at radius 1 is 1.18 bits per heavy atom. The fourth-order valence-corrected chi connectivity index (χ4v) is 1.71. The van der Waals surface area contributed by atoms with Crippen LogP contribution >= 0.6 is 0 Å². The monoisotopic (exact) mass is 154 g/mol. The van der Waals surface area contributed by atoms with Crippen molar-refractivity contribution in [3.63, 3.8) is 0 Å². The van der Waals surface area contributed by atoms with E-state index < -0.39 is 0 Å². The average molecular weight is 154 g/mol. The van der Waals surface area contributed by atoms with Gasteiger partial charge in [0.25, 0.3) is 0 Å². The Bertz CT molecular complexity index is 214. The second kappa shape index (κ2) is 2.22. The van der Waals surface area contributed by atoms with Crippen LogP contribution < -0.4 is 10.6 Å². The number of rotatable bonds is 0. The van der Waals surface area contributed by atoms with Crippen LogP contribution in [-0.2, 0) is 9.59 Å². The molecule has 0 aromatic heterocycles. The molecule has 4 nitrogen and oxygen atoms in total. The lowest BCUT2D eigenvalue weighted by molar-refractivity contribution is -0.131. The Morgan fingerprint density at radius 2 is 1.91 bits per heavy atom. The van der Waals surface area contributed by atoms with Crippen LogP contribution in [0.25, 0.3) is 0 Å². The number of hydrogen-bond donors (Lipinski definition) is 2. The summed E-state index contributed by atoms with van der Waals surface area (Å²) in [5, 5.41) is 5.49. The van der Waals surface area contributed by atoms with E-state index in [1.807, 2.05) is 0 Å². The lowest BCUT2D eigenvalue weighted by atomic mass is 9.89. The Morgan fingerprint density at radius 3 is 2.73 bits per heavy atom. The van der Waals surface area contributed by atoms with Crippen LogP contribution in [-0.4, -0.2) is 24.9 Å². The van der Waals surface area contributed by atoms with Crippen LogP contribution in [0, 0.1) is 11.8 Å². The minimum atomic E-state index is -0.0521. The molecule has 60 valence electrons. The number of hydrogen-bond acceptors (Lipinski definition) is 2. The van der Waals surface area contributed by atoms with Crippen LogP contribution in [0.1, 0.15) is 6.42 Å². The molecule has 11 heavy (non-hydrogen) atoms. The van der Waals surface area contributed by atoms with Crippen LogP contribution in [0.5, 0.6) is 0 Å². The second-order valence-corrected chi connectivity index (χ2v) is 3.12. The van der Waals surface area contributed by atoms with Gasteiger partial charge in [0.1, 0.15) is 0 Å². The van der Waals surface area contributed by atoms with E-state index in [9.17, 15) is 9.59 Å². The van der Waals surface area contributed by atoms with Crippen LogP contribution in [0.4, 0.5) is 0 Å². The van der Waals surface area contributed by atoms with E-state index in [1.54, 1.807) is 0 Å². The van der Waals surface area contributed by atoms with Gasteiger partial charge in [-0.3, -0.25) is 9.59 Å². The first-order valence-corrected chi connectivity index (χ1v) is 3.82. The van der Waals surface area contributed by atoms with E-state index in [0.717, 1.165) is 6.54 Å². The topological polar surface area (TPSA) is 58.2 Å². The third-order valence-corrected chi connectivity index (χ3v) is 2.41. The van der Waals surface area contributed by atoms with Crippen molar-refractivity contribution in [2.45, 2.75) is 6.42 Å². The molecule has 2 rings (SSSR count). The van der Waals surface area contributed by atoms with E-state index in [2.05, 4.69) is 10.6 Å². The third-order valence-electron chi connectivity index (χ3n) is 2.41. The highest BCUT2D eigenvalue weighted by molar-refractivity contribution is 5.88. The van der Waals surface area contributed by atoms with Crippen molar-refractivity contribution in [2.75, 3.05) is 13.1 Å². The van der Waals surface area contributed by atoms with Gasteiger partial charge in [0.15, 0.2) is 0 Å². The van der Waals surface area contributed by atoms with Crippen LogP contribution in [0.15, 0.2) is 0 Å². The summed E-state index contributed by atoms with van der Waals surface area (Å²) < 4.78 is 0. The van der Waals surface area contributed by atoms with Gasteiger partial charge in [-0.2, -0.15) is 0 Å². The van der Waals surface area contributed by atoms with Gasteiger partial charge in [-0.15, -0.1) is 0 Å². The Balaban J connectivity index is 2.13. The fraction of sp³-hybridized carbons (Fsp3) is 0.714. The number of fused-ring (bicyclic) bond motifs is 1. The molecule has 2 N–H and O–H groups in total. The summed E-state index contributed by atoms with van der Waals surface area (Å²) in [4.78, 5) is 21.9. The highest BCUT2D eigenvalue weighted by atomic mass is 16.2. The normalized spacial score (nSPS) is 36.0. The molecule has 2 unspecified atom stereocenters. The number of nitrogens with one attached hydrogen (secondary N) is 2. The van der Waals surface area contributed by atoms with Gasteiger partial charge in [-0.05, 0) is 0 Å². The third kappa shape index (κ3) is 0.982. The minimum Gasteiger partial charge on any atom is -0.356 e. The van der Waals surface area contributed by atoms with Gasteiger partial charge < -0.3 is 10.6 Å². The van der Waals surface area contributed by atoms with Crippen molar-refractivity contribution in [1.82, 2.24) is 10.6 Å². The number of amides is 2. The first-order chi connectivity index (χ1) is 5.27. The highest BCUT2D eigenvalue weighted by Gasteiger charge is 2.38. The molecule has 0 spiro atoms. The number of piperidine rings is 1. The molecule has 0 saturated carbocycles. The van der Waals surface area contributed by atoms with Crippen molar-refractivity contribution in [3.05, 3.63) is 0 Å². The lowest BCUT2D eigenvalue weighted by Gasteiger charge is -2.22. The van der Waals surface area contributed by atoms with Gasteiger partial charge in [0.05, 0.1) is 5.92 Å². The highest BCUT2D eigenvalue weighted by Crippen LogP contribution is 2.23. The molecule has 2 aliphatic heterocycles. The van der Waals surface area contributed by atoms with E-state index in [0.29, 0.717) is 18.9 Å². The standard InChI is InChI=1S/C7H10N2O2/c10-6-1-5-4(2-8-6)3-9-7(5)11/h4-5H,1-3H2,(H,8,10)(H,9,11). The summed E-state index contributed by atoms with van der Waals surface area (Å²) in [5.41, 5.74) is 0. The molecule has 0 bridgehead atoms. The van der Waals surface area contributed by atoms with Crippen molar-refractivity contribution in [1.29, 1.82) is 0 Å². The molecule has 0 aliphatic carbocycles. The predicted molar refractivity (Wildman–Crippen MR) is 37.6 cm³/mol. The van der Waals surface area contributed by atoms with Gasteiger partial charge in [0, 0.05) is 25.4 Å². The molecule has 2 heterocycles. The lowest BCUT2D eigenvalue weighted by Crippen LogP contribution is -2.40. The van der Waals surface area contributed by atoms with E-state index >= 15 is 0 Å². The van der Waals surface area contributed by atoms with Gasteiger partial charge in [-0.1, -0.05) is 0 Å². The molecule has 2 saturated heterocycles. The van der Waals surface area contributed by atoms with Crippen LogP contribution in [0.2, 0.25) is 0 Å². The predicted octanol–water partition coefficient (Wildman–Crippen LogP) is -1.13. The summed E-state index contributed by atoms with van der Waals surface area (Å²) in [6.45, 7) is 1.38. The first-order valence-electron chi connectivity index (χ1n) is 3.82. The van der Waals surface area contributed by atoms with Crippen molar-refractivity contribution in [2.24, 2.45) is 11.8 Å². The van der Waals surface area contributed by atoms with Gasteiger partial charge in [-0.25, -0.2) is 0 Å². The molecule has 0 aromatic carbocycles. The minimum absolute atomic E-state index is 0.00306. The van der Waals surface area contributed by atoms with Crippen molar-refractivity contribution in [3.8, 4) is 0 Å². The smallest absolute Gasteiger partial charge is 0.224 e. The quantitative estimate of drug-likeness (QED) is 0.464. The first kappa shape index (κ1) is 6.64. The zero-order valence-electron chi connectivity index (χ0n) is 6.09. The molecular formula is C7H10N2O2. The van der Waals surface area contributed by atoms with Crippen LogP contribution in [0.3, 0.4) is 0 Å². The summed E-state index contributed by atoms with van der Waals surface area (Å²) >= 11 is 0. The molecule has 2 fully saturated rings. The summed E-state index contributed by atoms with van der Waals surface area (Å²) in [5.74, 6) is 0.331. The van der Waals surface area contributed by atoms with E-state index in [4.69, 9.17) is 0 Å². The molecule has 0 radical (unpaired) electrons. The van der Waals surface area contributed by atoms with E-state index in [1.165, 1.54) is 0 Å². The summed E-state index contributed by atoms with van der Waals surface area (Å²) in [6.07, 6.45) is 0.372. The molecule has 2 aliphatic rings. The number of carbonyl (C=O) groups excluding carboxylic acids is 2. The molecule has 2 amide bonds. The molecule has 2 atom stereocenters. The maximum absolute atomic E-state index is 11.1. The Hall–Kier alpha value is -1.06. The van der Waals surface area contributed by atoms with Crippen molar-refractivity contribution < 1.29 is 9.59 Å². The number of carbonyl (C=O) groups is 2. The summed E-state index contributed by atoms with van der Waals surface area (Å²) in [6, 6.07) is 0. The van der Waals surface area contributed by atoms with Gasteiger partial charge in [0.2, 0.25) is 11.8 Å². The Kier molecular flexibility index (Phi) is 1.34. The zero-order chi connectivity index (χ0) is 7.84. The van der Waals surface area contributed by atoms with Gasteiger partial charge >= 0.3 is 0 Å². The largest absolute Gasteiger partial charge is 0.356 e.